The van der Waals surface area contributed by atoms with Crippen molar-refractivity contribution in [2.24, 2.45) is 13.0 Å². The molecule has 8 heteroatoms. The fraction of sp³-hybridized carbons (Fsp3) is 0.600. The maximum absolute atomic E-state index is 5.21. The van der Waals surface area contributed by atoms with Crippen LogP contribution in [0.2, 0.25) is 0 Å². The molecule has 150 valence electrons. The van der Waals surface area contributed by atoms with Crippen molar-refractivity contribution in [3.05, 3.63) is 24.2 Å². The van der Waals surface area contributed by atoms with Gasteiger partial charge >= 0.3 is 0 Å². The second-order valence-corrected chi connectivity index (χ2v) is 8.10. The Balaban J connectivity index is 1.76. The SMILES string of the molecule is COC[C@H](C)Nc1ncc2c(-c3cn(C)nn3)cc(C3CCC(C)CC3)n2n1. The molecule has 1 aliphatic rings. The molecule has 1 aliphatic carbocycles. The minimum atomic E-state index is 0.136. The van der Waals surface area contributed by atoms with Gasteiger partial charge in [-0.2, -0.15) is 0 Å². The highest BCUT2D eigenvalue weighted by Crippen LogP contribution is 2.38. The second-order valence-electron chi connectivity index (χ2n) is 8.10. The number of hydrogen-bond acceptors (Lipinski definition) is 6. The van der Waals surface area contributed by atoms with Gasteiger partial charge in [-0.3, -0.25) is 4.68 Å². The standard InChI is InChI=1S/C20H29N7O/c1-13-5-7-15(8-6-13)18-9-16(17-11-26(3)25-23-17)19-10-21-20(24-27(18)19)22-14(2)12-28-4/h9-11,13-15H,5-8,12H2,1-4H3,(H,22,24)/t13?,14-,15?/m0/s1. The summed E-state index contributed by atoms with van der Waals surface area (Å²) < 4.78 is 9.00. The van der Waals surface area contributed by atoms with Crippen molar-refractivity contribution in [2.45, 2.75) is 51.5 Å². The Labute approximate surface area is 165 Å². The smallest absolute Gasteiger partial charge is 0.241 e. The molecule has 1 N–H and O–H groups in total. The predicted octanol–water partition coefficient (Wildman–Crippen LogP) is 3.27. The van der Waals surface area contributed by atoms with E-state index >= 15 is 0 Å². The summed E-state index contributed by atoms with van der Waals surface area (Å²) in [4.78, 5) is 4.54. The molecule has 1 saturated carbocycles. The summed E-state index contributed by atoms with van der Waals surface area (Å²) in [5.41, 5.74) is 4.11. The van der Waals surface area contributed by atoms with E-state index in [-0.39, 0.29) is 6.04 Å². The largest absolute Gasteiger partial charge is 0.383 e. The van der Waals surface area contributed by atoms with Crippen molar-refractivity contribution in [2.75, 3.05) is 19.0 Å². The average molecular weight is 384 g/mol. The topological polar surface area (TPSA) is 82.2 Å². The number of ether oxygens (including phenoxy) is 1. The molecule has 0 aliphatic heterocycles. The monoisotopic (exact) mass is 383 g/mol. The van der Waals surface area contributed by atoms with Gasteiger partial charge in [-0.15, -0.1) is 10.2 Å². The summed E-state index contributed by atoms with van der Waals surface area (Å²) in [7, 11) is 3.58. The predicted molar refractivity (Wildman–Crippen MR) is 108 cm³/mol. The third-order valence-corrected chi connectivity index (χ3v) is 5.65. The third kappa shape index (κ3) is 3.73. The number of fused-ring (bicyclic) bond motifs is 1. The number of nitrogens with zero attached hydrogens (tertiary/aromatic N) is 6. The Morgan fingerprint density at radius 3 is 2.75 bits per heavy atom. The second kappa shape index (κ2) is 7.87. The first kappa shape index (κ1) is 18.9. The minimum absolute atomic E-state index is 0.136. The maximum atomic E-state index is 5.21. The molecule has 8 nitrogen and oxygen atoms in total. The lowest BCUT2D eigenvalue weighted by Crippen LogP contribution is -2.23. The van der Waals surface area contributed by atoms with Crippen LogP contribution in [0.1, 0.15) is 51.1 Å². The van der Waals surface area contributed by atoms with Crippen LogP contribution in [0.5, 0.6) is 0 Å². The van der Waals surface area contributed by atoms with Gasteiger partial charge in [-0.1, -0.05) is 25.0 Å². The van der Waals surface area contributed by atoms with Gasteiger partial charge in [0.1, 0.15) is 5.69 Å². The Morgan fingerprint density at radius 1 is 1.29 bits per heavy atom. The zero-order chi connectivity index (χ0) is 19.7. The molecule has 0 unspecified atom stereocenters. The fourth-order valence-corrected chi connectivity index (χ4v) is 4.12. The van der Waals surface area contributed by atoms with E-state index < -0.39 is 0 Å². The van der Waals surface area contributed by atoms with E-state index in [1.807, 2.05) is 19.4 Å². The Bertz CT molecular complexity index is 939. The van der Waals surface area contributed by atoms with E-state index in [4.69, 9.17) is 9.84 Å². The van der Waals surface area contributed by atoms with Crippen LogP contribution in [0.3, 0.4) is 0 Å². The van der Waals surface area contributed by atoms with Gasteiger partial charge in [0, 0.05) is 37.4 Å². The average Bonchev–Trinajstić information content (AvgIpc) is 3.26. The number of aromatic nitrogens is 6. The van der Waals surface area contributed by atoms with Crippen LogP contribution < -0.4 is 5.32 Å². The van der Waals surface area contributed by atoms with Gasteiger partial charge in [0.2, 0.25) is 5.95 Å². The van der Waals surface area contributed by atoms with E-state index in [1.165, 1.54) is 31.4 Å². The van der Waals surface area contributed by atoms with Gasteiger partial charge in [-0.05, 0) is 31.7 Å². The zero-order valence-corrected chi connectivity index (χ0v) is 17.1. The van der Waals surface area contributed by atoms with Crippen LogP contribution in [0.25, 0.3) is 16.8 Å². The lowest BCUT2D eigenvalue weighted by atomic mass is 9.81. The Morgan fingerprint density at radius 2 is 2.07 bits per heavy atom. The molecular formula is C20H29N7O. The fourth-order valence-electron chi connectivity index (χ4n) is 4.12. The molecule has 4 rings (SSSR count). The molecule has 3 aromatic heterocycles. The molecule has 1 atom stereocenters. The minimum Gasteiger partial charge on any atom is -0.383 e. The number of rotatable bonds is 6. The van der Waals surface area contributed by atoms with Gasteiger partial charge in [0.15, 0.2) is 0 Å². The van der Waals surface area contributed by atoms with E-state index in [0.717, 1.165) is 22.7 Å². The Hall–Kier alpha value is -2.48. The molecule has 0 amide bonds. The van der Waals surface area contributed by atoms with E-state index in [1.54, 1.807) is 11.8 Å². The number of aryl methyl sites for hydroxylation is 1. The Kier molecular flexibility index (Phi) is 5.30. The zero-order valence-electron chi connectivity index (χ0n) is 17.1. The number of anilines is 1. The molecule has 0 bridgehead atoms. The molecule has 28 heavy (non-hydrogen) atoms. The van der Waals surface area contributed by atoms with Gasteiger partial charge in [-0.25, -0.2) is 9.50 Å². The van der Waals surface area contributed by atoms with Crippen molar-refractivity contribution >= 4 is 11.5 Å². The highest BCUT2D eigenvalue weighted by molar-refractivity contribution is 5.79. The van der Waals surface area contributed by atoms with Crippen molar-refractivity contribution in [3.8, 4) is 11.3 Å². The van der Waals surface area contributed by atoms with Crippen LogP contribution in [-0.4, -0.2) is 49.4 Å². The van der Waals surface area contributed by atoms with Crippen LogP contribution in [-0.2, 0) is 11.8 Å². The first-order valence-electron chi connectivity index (χ1n) is 10.1. The first-order chi connectivity index (χ1) is 13.5. The highest BCUT2D eigenvalue weighted by atomic mass is 16.5. The van der Waals surface area contributed by atoms with Crippen LogP contribution in [0.15, 0.2) is 18.5 Å². The summed E-state index contributed by atoms with van der Waals surface area (Å²) in [5.74, 6) is 1.93. The summed E-state index contributed by atoms with van der Waals surface area (Å²) in [6, 6.07) is 2.37. The van der Waals surface area contributed by atoms with Crippen LogP contribution in [0.4, 0.5) is 5.95 Å². The highest BCUT2D eigenvalue weighted by Gasteiger charge is 2.25. The maximum Gasteiger partial charge on any atom is 0.241 e. The third-order valence-electron chi connectivity index (χ3n) is 5.65. The van der Waals surface area contributed by atoms with Crippen LogP contribution >= 0.6 is 0 Å². The van der Waals surface area contributed by atoms with E-state index in [0.29, 0.717) is 18.5 Å². The van der Waals surface area contributed by atoms with E-state index in [2.05, 4.69) is 45.0 Å². The van der Waals surface area contributed by atoms with Crippen molar-refractivity contribution < 1.29 is 4.74 Å². The lowest BCUT2D eigenvalue weighted by molar-refractivity contribution is 0.190. The number of nitrogens with one attached hydrogen (secondary N) is 1. The number of methoxy groups -OCH3 is 1. The molecule has 0 saturated heterocycles. The molecular weight excluding hydrogens is 354 g/mol. The van der Waals surface area contributed by atoms with Crippen molar-refractivity contribution in [1.29, 1.82) is 0 Å². The van der Waals surface area contributed by atoms with Gasteiger partial charge in [0.25, 0.3) is 0 Å². The molecule has 3 aromatic rings. The van der Waals surface area contributed by atoms with Crippen molar-refractivity contribution in [1.82, 2.24) is 29.6 Å². The van der Waals surface area contributed by atoms with Gasteiger partial charge < -0.3 is 10.1 Å². The molecule has 0 aromatic carbocycles. The van der Waals surface area contributed by atoms with Crippen LogP contribution in [0, 0.1) is 5.92 Å². The van der Waals surface area contributed by atoms with Gasteiger partial charge in [0.05, 0.1) is 24.5 Å². The normalized spacial score (nSPS) is 21.1. The number of hydrogen-bond donors (Lipinski definition) is 1. The molecule has 0 spiro atoms. The molecule has 1 fully saturated rings. The summed E-state index contributed by atoms with van der Waals surface area (Å²) in [5, 5.41) is 16.6. The summed E-state index contributed by atoms with van der Waals surface area (Å²) >= 11 is 0. The summed E-state index contributed by atoms with van der Waals surface area (Å²) in [6.07, 6.45) is 8.74. The molecule has 3 heterocycles. The van der Waals surface area contributed by atoms with E-state index in [9.17, 15) is 0 Å². The van der Waals surface area contributed by atoms with Crippen molar-refractivity contribution in [3.63, 3.8) is 0 Å². The lowest BCUT2D eigenvalue weighted by Gasteiger charge is -2.25. The summed E-state index contributed by atoms with van der Waals surface area (Å²) in [6.45, 7) is 5.01. The first-order valence-corrected chi connectivity index (χ1v) is 10.1. The molecule has 0 radical (unpaired) electrons. The quantitative estimate of drug-likeness (QED) is 0.703.